The minimum absolute atomic E-state index is 0.259. The molecule has 0 spiro atoms. The first kappa shape index (κ1) is 27.1. The van der Waals surface area contributed by atoms with Crippen molar-refractivity contribution in [2.24, 2.45) is 0 Å². The lowest BCUT2D eigenvalue weighted by Crippen LogP contribution is -2.23. The maximum atomic E-state index is 13.4. The van der Waals surface area contributed by atoms with Crippen molar-refractivity contribution in [1.29, 1.82) is 0 Å². The molecule has 0 aliphatic rings. The molecule has 9 nitrogen and oxygen atoms in total. The molecule has 0 radical (unpaired) electrons. The molecule has 0 unspecified atom stereocenters. The topological polar surface area (TPSA) is 96.7 Å². The van der Waals surface area contributed by atoms with Gasteiger partial charge in [-0.05, 0) is 54.1 Å². The molecule has 44 heavy (non-hydrogen) atoms. The lowest BCUT2D eigenvalue weighted by atomic mass is 10.2. The van der Waals surface area contributed by atoms with Crippen LogP contribution in [0.3, 0.4) is 0 Å². The largest absolute Gasteiger partial charge is 0.493 e. The van der Waals surface area contributed by atoms with Crippen molar-refractivity contribution in [3.8, 4) is 28.6 Å². The Hall–Kier alpha value is -5.74. The molecule has 4 heterocycles. The van der Waals surface area contributed by atoms with Gasteiger partial charge < -0.3 is 13.9 Å². The Labute approximate surface area is 255 Å². The fourth-order valence-corrected chi connectivity index (χ4v) is 5.69. The van der Waals surface area contributed by atoms with E-state index in [1.54, 1.807) is 23.9 Å². The lowest BCUT2D eigenvalue weighted by molar-refractivity contribution is 0.326. The van der Waals surface area contributed by atoms with Crippen molar-refractivity contribution >= 4 is 45.5 Å². The van der Waals surface area contributed by atoms with Crippen LogP contribution in [0.15, 0.2) is 107 Å². The van der Waals surface area contributed by atoms with E-state index in [4.69, 9.17) is 19.0 Å². The number of hydrogen-bond acceptors (Lipinski definition) is 8. The second-order valence-electron chi connectivity index (χ2n) is 9.79. The smallest absolute Gasteiger partial charge is 0.291 e. The summed E-state index contributed by atoms with van der Waals surface area (Å²) in [5.41, 5.74) is 3.64. The maximum absolute atomic E-state index is 13.4. The highest BCUT2D eigenvalue weighted by Crippen LogP contribution is 2.31. The molecule has 7 aromatic rings. The number of aromatic nitrogens is 5. The van der Waals surface area contributed by atoms with Crippen LogP contribution >= 0.6 is 11.3 Å². The Morgan fingerprint density at radius 3 is 2.61 bits per heavy atom. The lowest BCUT2D eigenvalue weighted by Gasteiger charge is -2.09. The molecule has 0 saturated carbocycles. The molecular formula is C34H25N5O4S. The van der Waals surface area contributed by atoms with Crippen molar-refractivity contribution in [2.75, 3.05) is 13.7 Å². The molecule has 0 aliphatic carbocycles. The average molecular weight is 600 g/mol. The van der Waals surface area contributed by atoms with Crippen LogP contribution in [0.5, 0.6) is 11.5 Å². The minimum Gasteiger partial charge on any atom is -0.493 e. The first-order chi connectivity index (χ1) is 21.6. The molecule has 0 amide bonds. The molecule has 0 N–H and O–H groups in total. The van der Waals surface area contributed by atoms with Crippen molar-refractivity contribution in [3.63, 3.8) is 0 Å². The number of nitrogens with zero attached hydrogens (tertiary/aromatic N) is 5. The van der Waals surface area contributed by atoms with Crippen molar-refractivity contribution in [3.05, 3.63) is 130 Å². The standard InChI is InChI=1S/C34H25N5O4S/c1-3-17-42-27-15-13-22(18-28(27)41-2)14-16-31-35-34-39(36-31)33(40)30(44-34)20-24-21-38(25-10-5-4-6-11-25)37-32(24)29-19-23-9-7-8-12-26(23)43-29/h3-16,18-21H,1,17H2,2H3/b16-14+,30-20-. The quantitative estimate of drug-likeness (QED) is 0.187. The van der Waals surface area contributed by atoms with Crippen molar-refractivity contribution < 1.29 is 13.9 Å². The highest BCUT2D eigenvalue weighted by atomic mass is 32.1. The molecule has 3 aromatic carbocycles. The van der Waals surface area contributed by atoms with E-state index < -0.39 is 0 Å². The number of para-hydroxylation sites is 2. The third kappa shape index (κ3) is 5.18. The van der Waals surface area contributed by atoms with Crippen LogP contribution in [0, 0.1) is 0 Å². The Morgan fingerprint density at radius 2 is 1.82 bits per heavy atom. The molecule has 0 aliphatic heterocycles. The number of furan rings is 1. The van der Waals surface area contributed by atoms with Crippen molar-refractivity contribution in [2.45, 2.75) is 0 Å². The number of thiazole rings is 1. The van der Waals surface area contributed by atoms with Crippen LogP contribution in [0.2, 0.25) is 0 Å². The molecule has 0 atom stereocenters. The summed E-state index contributed by atoms with van der Waals surface area (Å²) >= 11 is 1.27. The zero-order valence-corrected chi connectivity index (χ0v) is 24.4. The number of benzene rings is 3. The Morgan fingerprint density at radius 1 is 0.977 bits per heavy atom. The number of rotatable bonds is 9. The summed E-state index contributed by atoms with van der Waals surface area (Å²) in [6.45, 7) is 4.05. The van der Waals surface area contributed by atoms with E-state index in [1.165, 1.54) is 15.9 Å². The van der Waals surface area contributed by atoms with Gasteiger partial charge in [-0.15, -0.1) is 5.10 Å². The fourth-order valence-electron chi connectivity index (χ4n) is 4.78. The normalized spacial score (nSPS) is 12.1. The van der Waals surface area contributed by atoms with Crippen LogP contribution in [0.4, 0.5) is 0 Å². The molecule has 7 rings (SSSR count). The molecule has 0 bridgehead atoms. The molecule has 0 fully saturated rings. The van der Waals surface area contributed by atoms with Crippen LogP contribution in [0.25, 0.3) is 51.3 Å². The highest BCUT2D eigenvalue weighted by Gasteiger charge is 2.17. The average Bonchev–Trinajstić information content (AvgIpc) is 3.83. The predicted molar refractivity (Wildman–Crippen MR) is 172 cm³/mol. The highest BCUT2D eigenvalue weighted by molar-refractivity contribution is 7.15. The van der Waals surface area contributed by atoms with Gasteiger partial charge >= 0.3 is 0 Å². The zero-order valence-electron chi connectivity index (χ0n) is 23.6. The third-order valence-electron chi connectivity index (χ3n) is 6.88. The van der Waals surface area contributed by atoms with Crippen LogP contribution in [0.1, 0.15) is 17.0 Å². The molecular weight excluding hydrogens is 574 g/mol. The second kappa shape index (κ2) is 11.5. The third-order valence-corrected chi connectivity index (χ3v) is 7.84. The summed E-state index contributed by atoms with van der Waals surface area (Å²) in [4.78, 5) is 18.5. The van der Waals surface area contributed by atoms with E-state index in [9.17, 15) is 4.79 Å². The van der Waals surface area contributed by atoms with E-state index >= 15 is 0 Å². The van der Waals surface area contributed by atoms with Gasteiger partial charge in [-0.2, -0.15) is 14.6 Å². The van der Waals surface area contributed by atoms with E-state index in [0.717, 1.165) is 27.8 Å². The summed E-state index contributed by atoms with van der Waals surface area (Å²) in [6.07, 6.45) is 8.99. The zero-order chi connectivity index (χ0) is 30.0. The monoisotopic (exact) mass is 599 g/mol. The van der Waals surface area contributed by atoms with Gasteiger partial charge in [0, 0.05) is 17.1 Å². The Bertz CT molecular complexity index is 2240. The van der Waals surface area contributed by atoms with E-state index in [2.05, 4.69) is 16.7 Å². The number of methoxy groups -OCH3 is 1. The first-order valence-electron chi connectivity index (χ1n) is 13.7. The van der Waals surface area contributed by atoms with Crippen LogP contribution in [-0.2, 0) is 0 Å². The SMILES string of the molecule is C=CCOc1ccc(/C=C/c2nc3s/c(=C\c4cn(-c5ccccc5)nc4-c4cc5ccccc5o4)c(=O)n3n2)cc1OC. The molecule has 10 heteroatoms. The summed E-state index contributed by atoms with van der Waals surface area (Å²) < 4.78 is 20.8. The van der Waals surface area contributed by atoms with Crippen LogP contribution in [-0.4, -0.2) is 38.1 Å². The van der Waals surface area contributed by atoms with E-state index in [1.807, 2.05) is 97.2 Å². The number of hydrogen-bond donors (Lipinski definition) is 0. The number of ether oxygens (including phenoxy) is 2. The van der Waals surface area contributed by atoms with Gasteiger partial charge in [0.1, 0.15) is 17.9 Å². The van der Waals surface area contributed by atoms with Crippen molar-refractivity contribution in [1.82, 2.24) is 24.4 Å². The van der Waals surface area contributed by atoms with Gasteiger partial charge in [0.15, 0.2) is 23.1 Å². The maximum Gasteiger partial charge on any atom is 0.291 e. The Kier molecular flexibility index (Phi) is 7.09. The fraction of sp³-hybridized carbons (Fsp3) is 0.0588. The molecule has 4 aromatic heterocycles. The minimum atomic E-state index is -0.259. The second-order valence-corrected chi connectivity index (χ2v) is 10.8. The van der Waals surface area contributed by atoms with Gasteiger partial charge in [0.05, 0.1) is 17.3 Å². The molecule has 216 valence electrons. The van der Waals surface area contributed by atoms with Gasteiger partial charge in [-0.1, -0.05) is 72.5 Å². The van der Waals surface area contributed by atoms with E-state index in [-0.39, 0.29) is 5.56 Å². The predicted octanol–water partition coefficient (Wildman–Crippen LogP) is 6.04. The molecule has 0 saturated heterocycles. The summed E-state index contributed by atoms with van der Waals surface area (Å²) in [5, 5.41) is 10.3. The van der Waals surface area contributed by atoms with Gasteiger partial charge in [-0.3, -0.25) is 4.79 Å². The van der Waals surface area contributed by atoms with Gasteiger partial charge in [0.2, 0.25) is 4.96 Å². The Balaban J connectivity index is 1.24. The summed E-state index contributed by atoms with van der Waals surface area (Å²) in [6, 6.07) is 25.1. The summed E-state index contributed by atoms with van der Waals surface area (Å²) in [7, 11) is 1.59. The van der Waals surface area contributed by atoms with Crippen LogP contribution < -0.4 is 19.6 Å². The number of fused-ring (bicyclic) bond motifs is 2. The summed E-state index contributed by atoms with van der Waals surface area (Å²) in [5.74, 6) is 2.27. The van der Waals surface area contributed by atoms with Gasteiger partial charge in [-0.25, -0.2) is 4.68 Å². The van der Waals surface area contributed by atoms with Gasteiger partial charge in [0.25, 0.3) is 5.56 Å². The van der Waals surface area contributed by atoms with E-state index in [0.29, 0.717) is 44.9 Å². The first-order valence-corrected chi connectivity index (χ1v) is 14.6.